The minimum Gasteiger partial charge on any atom is -0.370 e. The topological polar surface area (TPSA) is 34.1 Å². The fourth-order valence-corrected chi connectivity index (χ4v) is 2.30. The third-order valence-electron chi connectivity index (χ3n) is 2.73. The normalized spacial score (nSPS) is 10.6. The van der Waals surface area contributed by atoms with Crippen molar-refractivity contribution in [2.75, 3.05) is 11.9 Å². The molecule has 2 aromatic rings. The summed E-state index contributed by atoms with van der Waals surface area (Å²) in [5.74, 6) is 0.816. The summed E-state index contributed by atoms with van der Waals surface area (Å²) in [5, 5.41) is 3.78. The molecule has 1 heterocycles. The lowest BCUT2D eigenvalue weighted by atomic mass is 10.2. The van der Waals surface area contributed by atoms with Crippen molar-refractivity contribution in [1.82, 2.24) is 4.98 Å². The van der Waals surface area contributed by atoms with Crippen LogP contribution in [-0.2, 0) is 18.0 Å². The SMILES string of the molecule is CCNc1ccc(Cl)c(COCc2ccccc2Br)n1. The Morgan fingerprint density at radius 3 is 2.75 bits per heavy atom. The van der Waals surface area contributed by atoms with Gasteiger partial charge in [0.25, 0.3) is 0 Å². The number of rotatable bonds is 6. The van der Waals surface area contributed by atoms with E-state index in [1.54, 1.807) is 0 Å². The molecule has 0 aliphatic rings. The van der Waals surface area contributed by atoms with E-state index in [9.17, 15) is 0 Å². The van der Waals surface area contributed by atoms with Crippen molar-refractivity contribution in [3.05, 3.63) is 57.2 Å². The van der Waals surface area contributed by atoms with E-state index in [1.165, 1.54) is 0 Å². The number of benzene rings is 1. The van der Waals surface area contributed by atoms with Gasteiger partial charge < -0.3 is 10.1 Å². The van der Waals surface area contributed by atoms with Crippen LogP contribution in [0.4, 0.5) is 5.82 Å². The molecule has 0 atom stereocenters. The minimum atomic E-state index is 0.388. The van der Waals surface area contributed by atoms with Crippen LogP contribution >= 0.6 is 27.5 Å². The minimum absolute atomic E-state index is 0.388. The number of nitrogens with one attached hydrogen (secondary N) is 1. The maximum Gasteiger partial charge on any atom is 0.126 e. The van der Waals surface area contributed by atoms with Gasteiger partial charge in [-0.3, -0.25) is 0 Å². The molecule has 1 aromatic carbocycles. The largest absolute Gasteiger partial charge is 0.370 e. The Labute approximate surface area is 132 Å². The van der Waals surface area contributed by atoms with Crippen molar-refractivity contribution in [3.8, 4) is 0 Å². The third-order valence-corrected chi connectivity index (χ3v) is 3.85. The Morgan fingerprint density at radius 1 is 1.20 bits per heavy atom. The Balaban J connectivity index is 1.97. The fourth-order valence-electron chi connectivity index (χ4n) is 1.74. The number of halogens is 2. The van der Waals surface area contributed by atoms with Gasteiger partial charge in [0.05, 0.1) is 23.9 Å². The number of pyridine rings is 1. The number of aromatic nitrogens is 1. The fraction of sp³-hybridized carbons (Fsp3) is 0.267. The molecular formula is C15H16BrClN2O. The lowest BCUT2D eigenvalue weighted by Gasteiger charge is -2.09. The van der Waals surface area contributed by atoms with Crippen LogP contribution in [0.15, 0.2) is 40.9 Å². The van der Waals surface area contributed by atoms with Gasteiger partial charge >= 0.3 is 0 Å². The first-order valence-electron chi connectivity index (χ1n) is 6.41. The van der Waals surface area contributed by atoms with Gasteiger partial charge in [0.1, 0.15) is 5.82 Å². The van der Waals surface area contributed by atoms with E-state index in [4.69, 9.17) is 16.3 Å². The first-order chi connectivity index (χ1) is 9.70. The summed E-state index contributed by atoms with van der Waals surface area (Å²) in [6, 6.07) is 11.7. The molecular weight excluding hydrogens is 340 g/mol. The molecule has 0 aliphatic heterocycles. The predicted molar refractivity (Wildman–Crippen MR) is 86.0 cm³/mol. The summed E-state index contributed by atoms with van der Waals surface area (Å²) in [6.07, 6.45) is 0. The zero-order chi connectivity index (χ0) is 14.4. The molecule has 0 saturated carbocycles. The van der Waals surface area contributed by atoms with Crippen molar-refractivity contribution in [2.45, 2.75) is 20.1 Å². The standard InChI is InChI=1S/C15H16BrClN2O/c1-2-18-15-8-7-13(17)14(19-15)10-20-9-11-5-3-4-6-12(11)16/h3-8H,2,9-10H2,1H3,(H,18,19). The molecule has 1 N–H and O–H groups in total. The van der Waals surface area contributed by atoms with Crippen LogP contribution in [-0.4, -0.2) is 11.5 Å². The van der Waals surface area contributed by atoms with Gasteiger partial charge in [-0.1, -0.05) is 45.7 Å². The van der Waals surface area contributed by atoms with E-state index in [0.29, 0.717) is 18.2 Å². The first kappa shape index (κ1) is 15.3. The Hall–Kier alpha value is -1.10. The van der Waals surface area contributed by atoms with Gasteiger partial charge in [0, 0.05) is 11.0 Å². The van der Waals surface area contributed by atoms with E-state index in [1.807, 2.05) is 43.3 Å². The Kier molecular flexibility index (Phi) is 5.83. The number of hydrogen-bond donors (Lipinski definition) is 1. The zero-order valence-electron chi connectivity index (χ0n) is 11.2. The molecule has 0 radical (unpaired) electrons. The van der Waals surface area contributed by atoms with E-state index in [2.05, 4.69) is 26.2 Å². The van der Waals surface area contributed by atoms with Crippen molar-refractivity contribution in [1.29, 1.82) is 0 Å². The molecule has 5 heteroatoms. The Morgan fingerprint density at radius 2 is 2.00 bits per heavy atom. The molecule has 0 saturated heterocycles. The van der Waals surface area contributed by atoms with Crippen LogP contribution in [0.3, 0.4) is 0 Å². The van der Waals surface area contributed by atoms with Crippen LogP contribution in [0, 0.1) is 0 Å². The first-order valence-corrected chi connectivity index (χ1v) is 7.58. The third kappa shape index (κ3) is 4.20. The molecule has 0 fully saturated rings. The van der Waals surface area contributed by atoms with Crippen molar-refractivity contribution in [3.63, 3.8) is 0 Å². The van der Waals surface area contributed by atoms with Gasteiger partial charge in [-0.15, -0.1) is 0 Å². The van der Waals surface area contributed by atoms with Crippen LogP contribution < -0.4 is 5.32 Å². The summed E-state index contributed by atoms with van der Waals surface area (Å²) in [7, 11) is 0. The average molecular weight is 356 g/mol. The molecule has 0 spiro atoms. The van der Waals surface area contributed by atoms with Gasteiger partial charge in [0.15, 0.2) is 0 Å². The lowest BCUT2D eigenvalue weighted by Crippen LogP contribution is -2.03. The molecule has 1 aromatic heterocycles. The zero-order valence-corrected chi connectivity index (χ0v) is 13.5. The van der Waals surface area contributed by atoms with E-state index < -0.39 is 0 Å². The summed E-state index contributed by atoms with van der Waals surface area (Å²) in [5.41, 5.74) is 1.85. The maximum absolute atomic E-state index is 6.13. The van der Waals surface area contributed by atoms with Crippen LogP contribution in [0.2, 0.25) is 5.02 Å². The second-order valence-electron chi connectivity index (χ2n) is 4.24. The molecule has 2 rings (SSSR count). The smallest absolute Gasteiger partial charge is 0.126 e. The molecule has 0 bridgehead atoms. The summed E-state index contributed by atoms with van der Waals surface area (Å²) >= 11 is 9.63. The average Bonchev–Trinajstić information content (AvgIpc) is 2.44. The number of nitrogens with zero attached hydrogens (tertiary/aromatic N) is 1. The maximum atomic E-state index is 6.13. The van der Waals surface area contributed by atoms with Gasteiger partial charge in [-0.05, 0) is 30.7 Å². The predicted octanol–water partition coefficient (Wildman–Crippen LogP) is 4.65. The molecule has 106 valence electrons. The van der Waals surface area contributed by atoms with Crippen LogP contribution in [0.1, 0.15) is 18.2 Å². The quantitative estimate of drug-likeness (QED) is 0.819. The van der Waals surface area contributed by atoms with E-state index in [-0.39, 0.29) is 0 Å². The van der Waals surface area contributed by atoms with Gasteiger partial charge in [-0.2, -0.15) is 0 Å². The number of hydrogen-bond acceptors (Lipinski definition) is 3. The second-order valence-corrected chi connectivity index (χ2v) is 5.50. The van der Waals surface area contributed by atoms with E-state index in [0.717, 1.165) is 28.1 Å². The van der Waals surface area contributed by atoms with Crippen LogP contribution in [0.25, 0.3) is 0 Å². The molecule has 0 unspecified atom stereocenters. The molecule has 20 heavy (non-hydrogen) atoms. The summed E-state index contributed by atoms with van der Waals surface area (Å²) in [6.45, 7) is 3.76. The number of anilines is 1. The van der Waals surface area contributed by atoms with Crippen LogP contribution in [0.5, 0.6) is 0 Å². The number of ether oxygens (including phenoxy) is 1. The summed E-state index contributed by atoms with van der Waals surface area (Å²) in [4.78, 5) is 4.44. The Bertz CT molecular complexity index is 578. The highest BCUT2D eigenvalue weighted by Crippen LogP contribution is 2.20. The highest BCUT2D eigenvalue weighted by atomic mass is 79.9. The van der Waals surface area contributed by atoms with Gasteiger partial charge in [0.2, 0.25) is 0 Å². The van der Waals surface area contributed by atoms with E-state index >= 15 is 0 Å². The lowest BCUT2D eigenvalue weighted by molar-refractivity contribution is 0.104. The highest BCUT2D eigenvalue weighted by molar-refractivity contribution is 9.10. The molecule has 0 amide bonds. The monoisotopic (exact) mass is 354 g/mol. The van der Waals surface area contributed by atoms with Crippen molar-refractivity contribution >= 4 is 33.3 Å². The van der Waals surface area contributed by atoms with Crippen molar-refractivity contribution < 1.29 is 4.74 Å². The second kappa shape index (κ2) is 7.62. The highest BCUT2D eigenvalue weighted by Gasteiger charge is 2.05. The molecule has 3 nitrogen and oxygen atoms in total. The molecule has 0 aliphatic carbocycles. The van der Waals surface area contributed by atoms with Gasteiger partial charge in [-0.25, -0.2) is 4.98 Å². The summed E-state index contributed by atoms with van der Waals surface area (Å²) < 4.78 is 6.74. The van der Waals surface area contributed by atoms with Crippen molar-refractivity contribution in [2.24, 2.45) is 0 Å².